The zero-order valence-electron chi connectivity index (χ0n) is 27.5. The molecule has 0 unspecified atom stereocenters. The summed E-state index contributed by atoms with van der Waals surface area (Å²) in [6.45, 7) is 0. The van der Waals surface area contributed by atoms with Crippen molar-refractivity contribution in [2.24, 2.45) is 0 Å². The van der Waals surface area contributed by atoms with Crippen molar-refractivity contribution >= 4 is 43.5 Å². The molecule has 0 radical (unpaired) electrons. The van der Waals surface area contributed by atoms with Gasteiger partial charge in [-0.2, -0.15) is 0 Å². The smallest absolute Gasteiger partial charge is 0.164 e. The Kier molecular flexibility index (Phi) is 6.78. The van der Waals surface area contributed by atoms with Crippen LogP contribution in [0.2, 0.25) is 0 Å². The number of rotatable bonds is 5. The van der Waals surface area contributed by atoms with Crippen LogP contribution < -0.4 is 0 Å². The lowest BCUT2D eigenvalue weighted by Gasteiger charge is -2.12. The van der Waals surface area contributed by atoms with Gasteiger partial charge in [-0.15, -0.1) is 0 Å². The van der Waals surface area contributed by atoms with Crippen LogP contribution in [-0.4, -0.2) is 15.0 Å². The van der Waals surface area contributed by atoms with Gasteiger partial charge < -0.3 is 4.42 Å². The fourth-order valence-electron chi connectivity index (χ4n) is 7.33. The fourth-order valence-corrected chi connectivity index (χ4v) is 7.33. The second-order valence-electron chi connectivity index (χ2n) is 12.8. The van der Waals surface area contributed by atoms with Crippen molar-refractivity contribution in [1.82, 2.24) is 15.0 Å². The summed E-state index contributed by atoms with van der Waals surface area (Å²) in [6.07, 6.45) is 0. The molecule has 8 aromatic carbocycles. The van der Waals surface area contributed by atoms with Crippen LogP contribution in [0.15, 0.2) is 180 Å². The van der Waals surface area contributed by atoms with E-state index in [1.54, 1.807) is 0 Å². The number of hydrogen-bond donors (Lipinski definition) is 0. The molecule has 0 fully saturated rings. The molecule has 0 aliphatic carbocycles. The van der Waals surface area contributed by atoms with Gasteiger partial charge >= 0.3 is 0 Å². The molecule has 10 aromatic rings. The van der Waals surface area contributed by atoms with E-state index in [1.807, 2.05) is 60.7 Å². The molecule has 4 nitrogen and oxygen atoms in total. The lowest BCUT2D eigenvalue weighted by Crippen LogP contribution is -2.00. The summed E-state index contributed by atoms with van der Waals surface area (Å²) in [5, 5.41) is 6.59. The van der Waals surface area contributed by atoms with E-state index in [4.69, 9.17) is 19.4 Å². The summed E-state index contributed by atoms with van der Waals surface area (Å²) < 4.78 is 6.72. The molecule has 0 spiro atoms. The van der Waals surface area contributed by atoms with Gasteiger partial charge in [-0.3, -0.25) is 0 Å². The molecule has 4 heteroatoms. The van der Waals surface area contributed by atoms with Crippen LogP contribution >= 0.6 is 0 Å². The number of nitrogens with zero attached hydrogens (tertiary/aromatic N) is 3. The van der Waals surface area contributed by atoms with E-state index in [2.05, 4.69) is 115 Å². The van der Waals surface area contributed by atoms with Gasteiger partial charge in [0.15, 0.2) is 17.5 Å². The number of fused-ring (bicyclic) bond motifs is 6. The van der Waals surface area contributed by atoms with Crippen LogP contribution in [0.25, 0.3) is 99.9 Å². The maximum atomic E-state index is 6.72. The SMILES string of the molecule is c1ccc(-c2nc(-c3ccccc3)nc(-c3cc4c(oc5cccc(-c6cccc(-c7cccc8ccccc78)c6)c54)c4ccccc34)n2)cc1. The summed E-state index contributed by atoms with van der Waals surface area (Å²) >= 11 is 0. The van der Waals surface area contributed by atoms with Gasteiger partial charge in [0.2, 0.25) is 0 Å². The molecule has 0 aliphatic heterocycles. The Balaban J connectivity index is 1.22. The van der Waals surface area contributed by atoms with Crippen molar-refractivity contribution in [2.75, 3.05) is 0 Å². The second kappa shape index (κ2) is 11.9. The van der Waals surface area contributed by atoms with E-state index < -0.39 is 0 Å². The predicted octanol–water partition coefficient (Wildman–Crippen LogP) is 12.4. The maximum absolute atomic E-state index is 6.72. The number of furan rings is 1. The summed E-state index contributed by atoms with van der Waals surface area (Å²) in [4.78, 5) is 15.2. The molecule has 51 heavy (non-hydrogen) atoms. The van der Waals surface area contributed by atoms with E-state index >= 15 is 0 Å². The number of hydrogen-bond acceptors (Lipinski definition) is 4. The van der Waals surface area contributed by atoms with Crippen molar-refractivity contribution in [3.8, 4) is 56.4 Å². The molecular weight excluding hydrogens is 623 g/mol. The topological polar surface area (TPSA) is 51.8 Å². The van der Waals surface area contributed by atoms with Gasteiger partial charge in [0.05, 0.1) is 0 Å². The van der Waals surface area contributed by atoms with Crippen molar-refractivity contribution in [3.05, 3.63) is 176 Å². The first kappa shape index (κ1) is 29.0. The molecule has 0 saturated carbocycles. The summed E-state index contributed by atoms with van der Waals surface area (Å²) in [5.41, 5.74) is 9.11. The van der Waals surface area contributed by atoms with Gasteiger partial charge in [0.1, 0.15) is 11.2 Å². The van der Waals surface area contributed by atoms with Crippen LogP contribution in [0, 0.1) is 0 Å². The molecule has 0 saturated heterocycles. The molecule has 2 heterocycles. The minimum Gasteiger partial charge on any atom is -0.455 e. The fraction of sp³-hybridized carbons (Fsp3) is 0. The first-order chi connectivity index (χ1) is 25.3. The molecular formula is C47H29N3O. The Morgan fingerprint density at radius 3 is 1.61 bits per heavy atom. The van der Waals surface area contributed by atoms with Crippen LogP contribution in [-0.2, 0) is 0 Å². The predicted molar refractivity (Wildman–Crippen MR) is 209 cm³/mol. The van der Waals surface area contributed by atoms with Gasteiger partial charge in [-0.25, -0.2) is 15.0 Å². The summed E-state index contributed by atoms with van der Waals surface area (Å²) in [7, 11) is 0. The average Bonchev–Trinajstić information content (AvgIpc) is 3.60. The van der Waals surface area contributed by atoms with Gasteiger partial charge in [-0.1, -0.05) is 158 Å². The largest absolute Gasteiger partial charge is 0.455 e. The molecule has 238 valence electrons. The minimum atomic E-state index is 0.616. The molecule has 0 aliphatic rings. The molecule has 0 atom stereocenters. The highest BCUT2D eigenvalue weighted by Crippen LogP contribution is 2.43. The lowest BCUT2D eigenvalue weighted by molar-refractivity contribution is 0.673. The lowest BCUT2D eigenvalue weighted by atomic mass is 9.93. The number of benzene rings is 8. The monoisotopic (exact) mass is 651 g/mol. The highest BCUT2D eigenvalue weighted by molar-refractivity contribution is 6.22. The van der Waals surface area contributed by atoms with Crippen LogP contribution in [0.4, 0.5) is 0 Å². The zero-order valence-corrected chi connectivity index (χ0v) is 27.5. The number of aromatic nitrogens is 3. The quantitative estimate of drug-likeness (QED) is 0.186. The van der Waals surface area contributed by atoms with Crippen LogP contribution in [0.3, 0.4) is 0 Å². The standard InChI is InChI=1S/C47H29N3O/c1-3-15-31(16-4-1)45-48-46(32-17-5-2-6-18-32)50-47(49-45)40-29-41-43-37(26-13-27-42(43)51-44(41)39-24-10-9-23-38(39)40)34-21-11-20-33(28-34)36-25-12-19-30-14-7-8-22-35(30)36/h1-29H. The van der Waals surface area contributed by atoms with Gasteiger partial charge in [0, 0.05) is 32.8 Å². The molecule has 2 aromatic heterocycles. The summed E-state index contributed by atoms with van der Waals surface area (Å²) in [6, 6.07) is 61.0. The van der Waals surface area contributed by atoms with E-state index in [0.717, 1.165) is 60.5 Å². The van der Waals surface area contributed by atoms with Crippen molar-refractivity contribution in [3.63, 3.8) is 0 Å². The highest BCUT2D eigenvalue weighted by Gasteiger charge is 2.20. The van der Waals surface area contributed by atoms with Gasteiger partial charge in [0.25, 0.3) is 0 Å². The molecule has 0 bridgehead atoms. The van der Waals surface area contributed by atoms with Crippen LogP contribution in [0.1, 0.15) is 0 Å². The maximum Gasteiger partial charge on any atom is 0.164 e. The third-order valence-corrected chi connectivity index (χ3v) is 9.72. The third-order valence-electron chi connectivity index (χ3n) is 9.72. The Morgan fingerprint density at radius 1 is 0.333 bits per heavy atom. The first-order valence-electron chi connectivity index (χ1n) is 17.1. The van der Waals surface area contributed by atoms with E-state index in [0.29, 0.717) is 17.5 Å². The Bertz CT molecular complexity index is 2850. The Morgan fingerprint density at radius 2 is 0.863 bits per heavy atom. The van der Waals surface area contributed by atoms with E-state index in [-0.39, 0.29) is 0 Å². The average molecular weight is 652 g/mol. The minimum absolute atomic E-state index is 0.616. The Hall–Kier alpha value is -6.91. The van der Waals surface area contributed by atoms with E-state index in [9.17, 15) is 0 Å². The van der Waals surface area contributed by atoms with Gasteiger partial charge in [-0.05, 0) is 56.6 Å². The van der Waals surface area contributed by atoms with Crippen molar-refractivity contribution < 1.29 is 4.42 Å². The van der Waals surface area contributed by atoms with E-state index in [1.165, 1.54) is 21.9 Å². The molecule has 10 rings (SSSR count). The molecule has 0 N–H and O–H groups in total. The highest BCUT2D eigenvalue weighted by atomic mass is 16.3. The van der Waals surface area contributed by atoms with Crippen molar-refractivity contribution in [1.29, 1.82) is 0 Å². The van der Waals surface area contributed by atoms with Crippen LogP contribution in [0.5, 0.6) is 0 Å². The second-order valence-corrected chi connectivity index (χ2v) is 12.8. The zero-order chi connectivity index (χ0) is 33.7. The van der Waals surface area contributed by atoms with Crippen molar-refractivity contribution in [2.45, 2.75) is 0 Å². The Labute approximate surface area is 294 Å². The third kappa shape index (κ3) is 4.96. The summed E-state index contributed by atoms with van der Waals surface area (Å²) in [5.74, 6) is 1.88. The normalized spacial score (nSPS) is 11.5. The molecule has 0 amide bonds. The first-order valence-corrected chi connectivity index (χ1v) is 17.1.